The minimum absolute atomic E-state index is 0.0538. The summed E-state index contributed by atoms with van der Waals surface area (Å²) in [5.74, 6) is -0.311. The van der Waals surface area contributed by atoms with Gasteiger partial charge in [-0.3, -0.25) is 9.69 Å². The first-order valence-corrected chi connectivity index (χ1v) is 5.63. The van der Waals surface area contributed by atoms with Crippen LogP contribution in [0.1, 0.15) is 19.8 Å². The Morgan fingerprint density at radius 1 is 1.47 bits per heavy atom. The molecule has 2 fully saturated rings. The van der Waals surface area contributed by atoms with Crippen LogP contribution in [0.15, 0.2) is 0 Å². The molecular formula is C11H19NO3. The van der Waals surface area contributed by atoms with Crippen molar-refractivity contribution in [2.24, 2.45) is 11.8 Å². The lowest BCUT2D eigenvalue weighted by Crippen LogP contribution is -2.46. The molecule has 86 valence electrons. The highest BCUT2D eigenvalue weighted by molar-refractivity contribution is 5.71. The van der Waals surface area contributed by atoms with Gasteiger partial charge in [0.25, 0.3) is 0 Å². The van der Waals surface area contributed by atoms with Crippen molar-refractivity contribution in [3.63, 3.8) is 0 Å². The van der Waals surface area contributed by atoms with Crippen molar-refractivity contribution in [3.05, 3.63) is 0 Å². The molecule has 4 heteroatoms. The summed E-state index contributed by atoms with van der Waals surface area (Å²) >= 11 is 0. The van der Waals surface area contributed by atoms with Crippen LogP contribution in [0.25, 0.3) is 0 Å². The van der Waals surface area contributed by atoms with Gasteiger partial charge in [0.2, 0.25) is 0 Å². The van der Waals surface area contributed by atoms with Gasteiger partial charge in [0, 0.05) is 12.1 Å². The number of ether oxygens (including phenoxy) is 1. The molecule has 2 rings (SSSR count). The quantitative estimate of drug-likeness (QED) is 0.751. The van der Waals surface area contributed by atoms with Crippen molar-refractivity contribution in [2.45, 2.75) is 31.8 Å². The second-order valence-corrected chi connectivity index (χ2v) is 4.79. The van der Waals surface area contributed by atoms with E-state index in [1.165, 1.54) is 12.8 Å². The van der Waals surface area contributed by atoms with Crippen LogP contribution in [0.4, 0.5) is 0 Å². The molecular weight excluding hydrogens is 194 g/mol. The lowest BCUT2D eigenvalue weighted by Gasteiger charge is -2.31. The van der Waals surface area contributed by atoms with Crippen LogP contribution >= 0.6 is 0 Å². The zero-order valence-electron chi connectivity index (χ0n) is 9.35. The van der Waals surface area contributed by atoms with Crippen LogP contribution in [0, 0.1) is 11.8 Å². The number of likely N-dealkylation sites (N-methyl/N-ethyl adjacent to an activating group) is 1. The maximum Gasteiger partial charge on any atom is 0.310 e. The third kappa shape index (κ3) is 2.16. The average Bonchev–Trinajstić information content (AvgIpc) is 2.92. The highest BCUT2D eigenvalue weighted by Crippen LogP contribution is 2.36. The highest BCUT2D eigenvalue weighted by atomic mass is 16.5. The number of carboxylic acids is 1. The summed E-state index contributed by atoms with van der Waals surface area (Å²) in [6.45, 7) is 3.11. The van der Waals surface area contributed by atoms with Gasteiger partial charge in [0.15, 0.2) is 0 Å². The van der Waals surface area contributed by atoms with E-state index in [1.807, 2.05) is 7.05 Å². The lowest BCUT2D eigenvalue weighted by atomic mass is 10.0. The second-order valence-electron chi connectivity index (χ2n) is 4.79. The third-order valence-electron chi connectivity index (χ3n) is 3.84. The number of carbonyl (C=O) groups is 1. The van der Waals surface area contributed by atoms with Crippen molar-refractivity contribution in [2.75, 3.05) is 20.3 Å². The molecule has 0 radical (unpaired) electrons. The normalized spacial score (nSPS) is 33.3. The molecule has 1 saturated carbocycles. The first-order chi connectivity index (χ1) is 7.11. The van der Waals surface area contributed by atoms with E-state index in [4.69, 9.17) is 9.84 Å². The molecule has 3 unspecified atom stereocenters. The number of hydrogen-bond donors (Lipinski definition) is 1. The van der Waals surface area contributed by atoms with E-state index in [2.05, 4.69) is 11.8 Å². The first-order valence-electron chi connectivity index (χ1n) is 5.63. The Bertz CT molecular complexity index is 252. The van der Waals surface area contributed by atoms with Gasteiger partial charge < -0.3 is 9.84 Å². The fraction of sp³-hybridized carbons (Fsp3) is 0.909. The third-order valence-corrected chi connectivity index (χ3v) is 3.84. The van der Waals surface area contributed by atoms with Crippen LogP contribution < -0.4 is 0 Å². The number of hydrogen-bond acceptors (Lipinski definition) is 3. The Balaban J connectivity index is 1.98. The molecule has 1 heterocycles. The molecule has 3 atom stereocenters. The Labute approximate surface area is 90.2 Å². The summed E-state index contributed by atoms with van der Waals surface area (Å²) in [4.78, 5) is 13.2. The molecule has 1 saturated heterocycles. The van der Waals surface area contributed by atoms with E-state index in [0.717, 1.165) is 5.92 Å². The summed E-state index contributed by atoms with van der Waals surface area (Å²) in [7, 11) is 2.03. The van der Waals surface area contributed by atoms with Crippen molar-refractivity contribution in [3.8, 4) is 0 Å². The molecule has 15 heavy (non-hydrogen) atoms. The summed E-state index contributed by atoms with van der Waals surface area (Å²) < 4.78 is 5.28. The Kier molecular flexibility index (Phi) is 2.98. The predicted molar refractivity (Wildman–Crippen MR) is 55.7 cm³/mol. The van der Waals surface area contributed by atoms with Gasteiger partial charge in [-0.05, 0) is 32.7 Å². The first kappa shape index (κ1) is 10.9. The van der Waals surface area contributed by atoms with Crippen LogP contribution in [0.3, 0.4) is 0 Å². The molecule has 1 aliphatic heterocycles. The largest absolute Gasteiger partial charge is 0.481 e. The monoisotopic (exact) mass is 213 g/mol. The topological polar surface area (TPSA) is 49.8 Å². The second kappa shape index (κ2) is 4.10. The molecule has 0 spiro atoms. The van der Waals surface area contributed by atoms with Gasteiger partial charge in [-0.25, -0.2) is 0 Å². The van der Waals surface area contributed by atoms with E-state index in [1.54, 1.807) is 0 Å². The van der Waals surface area contributed by atoms with Crippen LogP contribution in [0.5, 0.6) is 0 Å². The molecule has 1 N–H and O–H groups in total. The van der Waals surface area contributed by atoms with Gasteiger partial charge in [-0.15, -0.1) is 0 Å². The fourth-order valence-electron chi connectivity index (χ4n) is 2.39. The molecule has 0 aromatic rings. The molecule has 0 bridgehead atoms. The molecule has 0 aromatic heterocycles. The zero-order valence-corrected chi connectivity index (χ0v) is 9.35. The SMILES string of the molecule is CC(C1CC1)N(C)C1COCC1C(=O)O. The Morgan fingerprint density at radius 2 is 2.13 bits per heavy atom. The Hall–Kier alpha value is -0.610. The van der Waals surface area contributed by atoms with Gasteiger partial charge in [0.1, 0.15) is 0 Å². The summed E-state index contributed by atoms with van der Waals surface area (Å²) in [5.41, 5.74) is 0. The minimum Gasteiger partial charge on any atom is -0.481 e. The molecule has 0 amide bonds. The summed E-state index contributed by atoms with van der Waals surface area (Å²) in [5, 5.41) is 9.06. The fourth-order valence-corrected chi connectivity index (χ4v) is 2.39. The Morgan fingerprint density at radius 3 is 2.67 bits per heavy atom. The average molecular weight is 213 g/mol. The summed E-state index contributed by atoms with van der Waals surface area (Å²) in [6, 6.07) is 0.539. The van der Waals surface area contributed by atoms with E-state index in [9.17, 15) is 4.79 Å². The van der Waals surface area contributed by atoms with Crippen LogP contribution in [0.2, 0.25) is 0 Å². The number of rotatable bonds is 4. The smallest absolute Gasteiger partial charge is 0.310 e. The molecule has 0 aromatic carbocycles. The van der Waals surface area contributed by atoms with Crippen LogP contribution in [-0.2, 0) is 9.53 Å². The van der Waals surface area contributed by atoms with Gasteiger partial charge in [-0.1, -0.05) is 0 Å². The van der Waals surface area contributed by atoms with Gasteiger partial charge in [-0.2, -0.15) is 0 Å². The summed E-state index contributed by atoms with van der Waals surface area (Å²) in [6.07, 6.45) is 2.58. The van der Waals surface area contributed by atoms with E-state index in [-0.39, 0.29) is 12.0 Å². The highest BCUT2D eigenvalue weighted by Gasteiger charge is 2.41. The van der Waals surface area contributed by atoms with Gasteiger partial charge in [0.05, 0.1) is 19.1 Å². The van der Waals surface area contributed by atoms with Crippen molar-refractivity contribution in [1.82, 2.24) is 4.90 Å². The maximum atomic E-state index is 11.0. The molecule has 2 aliphatic rings. The number of aliphatic carboxylic acids is 1. The van der Waals surface area contributed by atoms with Crippen molar-refractivity contribution >= 4 is 5.97 Å². The maximum absolute atomic E-state index is 11.0. The number of carboxylic acid groups (broad SMARTS) is 1. The van der Waals surface area contributed by atoms with Crippen molar-refractivity contribution in [1.29, 1.82) is 0 Å². The molecule has 4 nitrogen and oxygen atoms in total. The van der Waals surface area contributed by atoms with Gasteiger partial charge >= 0.3 is 5.97 Å². The van der Waals surface area contributed by atoms with E-state index in [0.29, 0.717) is 19.3 Å². The molecule has 1 aliphatic carbocycles. The van der Waals surface area contributed by atoms with Crippen LogP contribution in [-0.4, -0.2) is 48.3 Å². The predicted octanol–water partition coefficient (Wildman–Crippen LogP) is 0.816. The van der Waals surface area contributed by atoms with E-state index < -0.39 is 5.97 Å². The van der Waals surface area contributed by atoms with Crippen molar-refractivity contribution < 1.29 is 14.6 Å². The minimum atomic E-state index is -0.729. The van der Waals surface area contributed by atoms with E-state index >= 15 is 0 Å². The lowest BCUT2D eigenvalue weighted by molar-refractivity contribution is -0.143. The zero-order chi connectivity index (χ0) is 11.0. The number of nitrogens with zero attached hydrogens (tertiary/aromatic N) is 1. The standard InChI is InChI=1S/C11H19NO3/c1-7(8-3-4-8)12(2)10-6-15-5-9(10)11(13)14/h7-10H,3-6H2,1-2H3,(H,13,14).